The van der Waals surface area contributed by atoms with Crippen LogP contribution in [0.3, 0.4) is 0 Å². The van der Waals surface area contributed by atoms with Gasteiger partial charge in [-0.3, -0.25) is 0 Å². The van der Waals surface area contributed by atoms with Crippen molar-refractivity contribution in [1.82, 2.24) is 0 Å². The van der Waals surface area contributed by atoms with Gasteiger partial charge >= 0.3 is 287 Å². The predicted octanol–water partition coefficient (Wildman–Crippen LogP) is 11.5. The van der Waals surface area contributed by atoms with Crippen molar-refractivity contribution in [1.29, 1.82) is 0 Å². The minimum absolute atomic E-state index is 0.207. The number of benzene rings is 4. The van der Waals surface area contributed by atoms with Crippen molar-refractivity contribution in [2.75, 3.05) is 0 Å². The average molecular weight is 826 g/mol. The molecule has 0 nitrogen and oxygen atoms in total. The molecule has 0 aliphatic carbocycles. The number of fused-ring (bicyclic) bond motifs is 10. The summed E-state index contributed by atoms with van der Waals surface area (Å²) in [6.07, 6.45) is -18.3. The first-order chi connectivity index (χ1) is 24.5. The van der Waals surface area contributed by atoms with Crippen LogP contribution in [0.5, 0.6) is 0 Å². The van der Waals surface area contributed by atoms with Crippen molar-refractivity contribution < 1.29 is 59.2 Å². The Kier molecular flexibility index (Phi) is 3.04. The molecule has 0 aromatic heterocycles. The van der Waals surface area contributed by atoms with Crippen LogP contribution in [0.1, 0.15) is 22.3 Å². The standard InChI is InChI=1S/2C19H12F6P.Fe/c2*20-18(21,22)13-5-9-16(10-6-13)26(15-3-1-2-4-15)17-11-7-14(8-12-17)19(23,24)25;/h2*1-12H;. The third-order valence-corrected chi connectivity index (χ3v) is 77.8. The van der Waals surface area contributed by atoms with E-state index < -0.39 is 69.3 Å². The zero-order valence-electron chi connectivity index (χ0n) is 26.6. The fraction of sp³-hybridized carbons (Fsp3) is 0.368. The molecule has 15 heteroatoms. The Bertz CT molecular complexity index is 2470. The summed E-state index contributed by atoms with van der Waals surface area (Å²) in [6, 6.07) is 20.4. The zero-order valence-corrected chi connectivity index (χ0v) is 29.5. The second-order valence-corrected chi connectivity index (χ2v) is 47.4. The molecule has 0 N–H and O–H groups in total. The van der Waals surface area contributed by atoms with Crippen molar-refractivity contribution in [3.8, 4) is 0 Å². The van der Waals surface area contributed by atoms with E-state index in [4.69, 9.17) is 0 Å². The molecule has 0 amide bonds. The molecule has 0 saturated carbocycles. The van der Waals surface area contributed by atoms with Crippen molar-refractivity contribution in [2.45, 2.75) is 71.3 Å². The van der Waals surface area contributed by atoms with Crippen LogP contribution < -0.4 is 21.2 Å². The van der Waals surface area contributed by atoms with Crippen molar-refractivity contribution in [2.24, 2.45) is 0 Å². The average Bonchev–Trinajstić information content (AvgIpc) is 4.04. The topological polar surface area (TPSA) is 0 Å². The summed E-state index contributed by atoms with van der Waals surface area (Å²) in [5, 5.41) is 2.79. The molecule has 53 heavy (non-hydrogen) atoms. The van der Waals surface area contributed by atoms with E-state index in [9.17, 15) is 52.7 Å². The fourth-order valence-corrected chi connectivity index (χ4v) is 127. The molecule has 1 spiro atoms. The van der Waals surface area contributed by atoms with Gasteiger partial charge in [-0.2, -0.15) is 0 Å². The summed E-state index contributed by atoms with van der Waals surface area (Å²) >= 11 is 0. The van der Waals surface area contributed by atoms with Gasteiger partial charge in [-0.1, -0.05) is 0 Å². The van der Waals surface area contributed by atoms with Gasteiger partial charge in [-0.25, -0.2) is 0 Å². The van der Waals surface area contributed by atoms with Gasteiger partial charge in [0, 0.05) is 0 Å². The van der Waals surface area contributed by atoms with Crippen LogP contribution in [-0.2, 0) is 31.2 Å². The van der Waals surface area contributed by atoms with Crippen molar-refractivity contribution >= 4 is 37.1 Å². The Morgan fingerprint density at radius 3 is 0.679 bits per heavy atom. The Morgan fingerprint density at radius 1 is 0.340 bits per heavy atom. The normalized spacial score (nSPS) is 49.1. The van der Waals surface area contributed by atoms with E-state index >= 15 is 0 Å². The van der Waals surface area contributed by atoms with E-state index in [2.05, 4.69) is 0 Å². The van der Waals surface area contributed by atoms with Crippen LogP contribution >= 0.6 is 15.8 Å². The first-order valence-corrected chi connectivity index (χ1v) is 25.9. The molecule has 278 valence electrons. The van der Waals surface area contributed by atoms with E-state index in [0.717, 1.165) is 48.5 Å². The molecule has 10 heterocycles. The summed E-state index contributed by atoms with van der Waals surface area (Å²) in [6.45, 7) is -4.99. The molecule has 4 aromatic rings. The van der Waals surface area contributed by atoms with Crippen LogP contribution in [0.2, 0.25) is 38.5 Å². The Morgan fingerprint density at radius 2 is 0.528 bits per heavy atom. The molecule has 14 rings (SSSR count). The summed E-state index contributed by atoms with van der Waals surface area (Å²) in [7, 11) is -2.84. The maximum absolute atomic E-state index is 13.8. The summed E-state index contributed by atoms with van der Waals surface area (Å²) < 4.78 is 165. The quantitative estimate of drug-likeness (QED) is 0.103. The van der Waals surface area contributed by atoms with E-state index in [1.165, 1.54) is 48.5 Å². The van der Waals surface area contributed by atoms with Crippen molar-refractivity contribution in [3.63, 3.8) is 0 Å². The third kappa shape index (κ3) is 1.12. The van der Waals surface area contributed by atoms with Crippen LogP contribution in [0.25, 0.3) is 0 Å². The van der Waals surface area contributed by atoms with Gasteiger partial charge in [-0.05, 0) is 0 Å². The third-order valence-electron chi connectivity index (χ3n) is 21.2. The SMILES string of the molecule is FC(F)(F)c1ccc(P(c2ccc(C(F)(F)F)cc2)[C]23[CH]4[CH]5[CH]6[CH]2[Fe]56432789[CH]3[CH]2[CH]7[C]8(P(c2ccc(C(F)(F)F)cc2)c2ccc(C(F)(F)F)cc2)[CH]39)cc1. The monoisotopic (exact) mass is 826 g/mol. The first kappa shape index (κ1) is 30.6. The number of halogens is 12. The Hall–Kier alpha value is -2.58. The molecule has 10 saturated heterocycles. The molecule has 8 unspecified atom stereocenters. The van der Waals surface area contributed by atoms with E-state index in [-0.39, 0.29) is 8.11 Å². The minimum atomic E-state index is -4.99. The maximum atomic E-state index is 13.8. The Labute approximate surface area is 286 Å². The van der Waals surface area contributed by atoms with Crippen molar-refractivity contribution in [3.05, 3.63) is 119 Å². The van der Waals surface area contributed by atoms with Gasteiger partial charge in [0.1, 0.15) is 0 Å². The van der Waals surface area contributed by atoms with E-state index in [0.29, 0.717) is 59.7 Å². The molecule has 0 radical (unpaired) electrons. The molecule has 8 atom stereocenters. The first-order valence-electron chi connectivity index (χ1n) is 17.0. The van der Waals surface area contributed by atoms with Gasteiger partial charge in [0.2, 0.25) is 0 Å². The van der Waals surface area contributed by atoms with Crippen LogP contribution in [-0.4, -0.2) is 8.11 Å². The van der Waals surface area contributed by atoms with Crippen LogP contribution in [0, 0.1) is 0 Å². The second-order valence-electron chi connectivity index (χ2n) is 18.5. The van der Waals surface area contributed by atoms with E-state index in [1.807, 2.05) is 0 Å². The van der Waals surface area contributed by atoms with Gasteiger partial charge in [0.05, 0.1) is 0 Å². The van der Waals surface area contributed by atoms with Crippen LogP contribution in [0.4, 0.5) is 52.7 Å². The molecule has 10 fully saturated rings. The summed E-state index contributed by atoms with van der Waals surface area (Å²) in [5.74, 6) is 0. The second kappa shape index (κ2) is 5.26. The molecule has 10 aliphatic rings. The summed E-state index contributed by atoms with van der Waals surface area (Å²) in [4.78, 5) is 3.57. The Balaban J connectivity index is 0.992. The summed E-state index contributed by atoms with van der Waals surface area (Å²) in [5.41, 5.74) is -3.28. The number of alkyl halides is 12. The molecular formula is C38H24F12FeP2. The van der Waals surface area contributed by atoms with Crippen LogP contribution in [0.15, 0.2) is 97.1 Å². The van der Waals surface area contributed by atoms with Gasteiger partial charge < -0.3 is 0 Å². The fourth-order valence-electron chi connectivity index (χ4n) is 21.8. The predicted molar refractivity (Wildman–Crippen MR) is 174 cm³/mol. The molecule has 4 aromatic carbocycles. The number of rotatable bonds is 6. The van der Waals surface area contributed by atoms with E-state index in [1.54, 1.807) is 0 Å². The molecule has 10 aliphatic heterocycles. The zero-order chi connectivity index (χ0) is 37.0. The van der Waals surface area contributed by atoms with Gasteiger partial charge in [0.25, 0.3) is 0 Å². The molecule has 0 bridgehead atoms. The number of hydrogen-bond acceptors (Lipinski definition) is 0. The van der Waals surface area contributed by atoms with Gasteiger partial charge in [0.15, 0.2) is 0 Å². The number of hydrogen-bond donors (Lipinski definition) is 0. The molecular weight excluding hydrogens is 802 g/mol. The van der Waals surface area contributed by atoms with Gasteiger partial charge in [-0.15, -0.1) is 0 Å².